The molecule has 2 aromatic heterocycles. The fourth-order valence-electron chi connectivity index (χ4n) is 5.24. The van der Waals surface area contributed by atoms with Crippen molar-refractivity contribution < 1.29 is 19.8 Å². The molecule has 2 aliphatic heterocycles. The Balaban J connectivity index is 0.000000230. The maximum absolute atomic E-state index is 12.3. The molecule has 0 aliphatic carbocycles. The van der Waals surface area contributed by atoms with E-state index in [4.69, 9.17) is 0 Å². The average Bonchev–Trinajstić information content (AvgIpc) is 3.50. The van der Waals surface area contributed by atoms with Crippen LogP contribution in [0, 0.1) is 24.7 Å². The number of carbonyl (C=O) groups excluding carboxylic acids is 2. The van der Waals surface area contributed by atoms with E-state index in [0.29, 0.717) is 0 Å². The van der Waals surface area contributed by atoms with Crippen molar-refractivity contribution in [2.24, 2.45) is 10.8 Å². The number of hydrogen-bond donors (Lipinski definition) is 4. The third kappa shape index (κ3) is 8.56. The Morgan fingerprint density at radius 3 is 1.38 bits per heavy atom. The Labute approximate surface area is 250 Å². The Morgan fingerprint density at radius 1 is 0.738 bits per heavy atom. The molecule has 0 unspecified atom stereocenters. The lowest BCUT2D eigenvalue weighted by Gasteiger charge is -2.26. The van der Waals surface area contributed by atoms with E-state index in [1.54, 1.807) is 27.7 Å². The van der Waals surface area contributed by atoms with E-state index in [1.807, 2.05) is 38.4 Å². The highest BCUT2D eigenvalue weighted by atomic mass is 16.3. The zero-order chi connectivity index (χ0) is 31.2. The van der Waals surface area contributed by atoms with E-state index in [1.165, 1.54) is 0 Å². The number of likely N-dealkylation sites (N-methyl/N-ethyl adjacent to an activating group) is 2. The Hall–Kier alpha value is -2.92. The van der Waals surface area contributed by atoms with Crippen molar-refractivity contribution in [3.05, 3.63) is 59.2 Å². The van der Waals surface area contributed by atoms with Crippen LogP contribution in [0.5, 0.6) is 0 Å². The number of aliphatic hydroxyl groups is 2. The van der Waals surface area contributed by atoms with Crippen molar-refractivity contribution in [1.29, 1.82) is 0 Å². The Morgan fingerprint density at radius 2 is 1.10 bits per heavy atom. The summed E-state index contributed by atoms with van der Waals surface area (Å²) in [4.78, 5) is 37.7. The summed E-state index contributed by atoms with van der Waals surface area (Å²) in [6, 6.07) is 8.29. The number of carbonyl (C=O) groups is 2. The lowest BCUT2D eigenvalue weighted by atomic mass is 9.91. The van der Waals surface area contributed by atoms with Crippen LogP contribution < -0.4 is 10.6 Å². The monoisotopic (exact) mass is 582 g/mol. The van der Waals surface area contributed by atoms with Crippen molar-refractivity contribution in [3.63, 3.8) is 0 Å². The summed E-state index contributed by atoms with van der Waals surface area (Å²) in [6.45, 7) is 14.1. The molecule has 4 atom stereocenters. The van der Waals surface area contributed by atoms with Gasteiger partial charge in [-0.1, -0.05) is 12.1 Å². The predicted octanol–water partition coefficient (Wildman–Crippen LogP) is 1.84. The predicted molar refractivity (Wildman–Crippen MR) is 164 cm³/mol. The van der Waals surface area contributed by atoms with E-state index < -0.39 is 10.8 Å². The summed E-state index contributed by atoms with van der Waals surface area (Å²) in [5, 5.41) is 24.8. The van der Waals surface area contributed by atoms with E-state index in [9.17, 15) is 19.8 Å². The molecule has 2 aromatic rings. The normalized spacial score (nSPS) is 23.3. The molecule has 0 radical (unpaired) electrons. The van der Waals surface area contributed by atoms with E-state index >= 15 is 0 Å². The molecular weight excluding hydrogens is 532 g/mol. The topological polar surface area (TPSA) is 131 Å². The van der Waals surface area contributed by atoms with Gasteiger partial charge in [-0.05, 0) is 78.9 Å². The van der Waals surface area contributed by atoms with E-state index in [-0.39, 0.29) is 48.9 Å². The molecule has 10 nitrogen and oxygen atoms in total. The summed E-state index contributed by atoms with van der Waals surface area (Å²) in [5.41, 5.74) is 2.78. The van der Waals surface area contributed by atoms with Gasteiger partial charge in [0.05, 0.1) is 24.0 Å². The van der Waals surface area contributed by atoms with Gasteiger partial charge in [0, 0.05) is 73.9 Å². The molecule has 2 aliphatic rings. The van der Waals surface area contributed by atoms with Crippen LogP contribution in [-0.2, 0) is 9.59 Å². The first kappa shape index (κ1) is 33.6. The van der Waals surface area contributed by atoms with Crippen molar-refractivity contribution in [2.75, 3.05) is 53.5 Å². The molecule has 4 heterocycles. The smallest absolute Gasteiger partial charge is 0.228 e. The first-order chi connectivity index (χ1) is 19.7. The van der Waals surface area contributed by atoms with Crippen molar-refractivity contribution in [2.45, 2.75) is 65.5 Å². The Bertz CT molecular complexity index is 1090. The molecule has 0 spiro atoms. The van der Waals surface area contributed by atoms with Crippen LogP contribution in [0.4, 0.5) is 0 Å². The van der Waals surface area contributed by atoms with Gasteiger partial charge in [-0.15, -0.1) is 0 Å². The largest absolute Gasteiger partial charge is 0.395 e. The minimum absolute atomic E-state index is 0.0535. The maximum atomic E-state index is 12.3. The van der Waals surface area contributed by atoms with Crippen molar-refractivity contribution in [1.82, 2.24) is 30.4 Å². The first-order valence-corrected chi connectivity index (χ1v) is 14.7. The molecule has 4 rings (SSSR count). The fourth-order valence-corrected chi connectivity index (χ4v) is 5.24. The first-order valence-electron chi connectivity index (χ1n) is 14.7. The number of aromatic nitrogens is 2. The van der Waals surface area contributed by atoms with Crippen molar-refractivity contribution >= 4 is 11.8 Å². The molecule has 10 heteroatoms. The SMILES string of the molecule is Cc1ccc([C@@H]2CN(C)C[C@H]2NC(=O)C(C)(C)CO)cn1.Cc1ccc([C@H]2CN(C)C[C@@H]2NC(=O)C(C)(C)CO)cn1. The summed E-state index contributed by atoms with van der Waals surface area (Å²) in [5.74, 6) is 0.272. The summed E-state index contributed by atoms with van der Waals surface area (Å²) in [7, 11) is 4.11. The number of nitrogens with zero attached hydrogens (tertiary/aromatic N) is 4. The van der Waals surface area contributed by atoms with Gasteiger partial charge < -0.3 is 30.6 Å². The number of likely N-dealkylation sites (tertiary alicyclic amines) is 2. The molecule has 0 aromatic carbocycles. The minimum atomic E-state index is -0.753. The van der Waals surface area contributed by atoms with Gasteiger partial charge in [0.25, 0.3) is 0 Å². The summed E-state index contributed by atoms with van der Waals surface area (Å²) >= 11 is 0. The molecule has 42 heavy (non-hydrogen) atoms. The molecule has 4 N–H and O–H groups in total. The third-order valence-electron chi connectivity index (χ3n) is 8.38. The highest BCUT2D eigenvalue weighted by molar-refractivity contribution is 5.82. The second-order valence-corrected chi connectivity index (χ2v) is 13.4. The molecule has 232 valence electrons. The van der Waals surface area contributed by atoms with Crippen LogP contribution in [0.3, 0.4) is 0 Å². The highest BCUT2D eigenvalue weighted by Gasteiger charge is 2.38. The fraction of sp³-hybridized carbons (Fsp3) is 0.625. The molecule has 0 saturated carbocycles. The van der Waals surface area contributed by atoms with Gasteiger partial charge in [-0.3, -0.25) is 19.6 Å². The number of hydrogen-bond acceptors (Lipinski definition) is 8. The number of aryl methyl sites for hydroxylation is 2. The standard InChI is InChI=1S/2C16H25N3O2/c2*1-11-5-6-12(7-17-11)13-8-19(4)9-14(13)18-15(21)16(2,3)10-20/h2*5-7,13-14,20H,8-10H2,1-4H3,(H,18,21)/t2*13-,14+/m10/s1. The number of rotatable bonds is 8. The zero-order valence-electron chi connectivity index (χ0n) is 26.5. The molecule has 2 saturated heterocycles. The van der Waals surface area contributed by atoms with Crippen LogP contribution in [-0.4, -0.2) is 107 Å². The van der Waals surface area contributed by atoms with Crippen LogP contribution in [0.2, 0.25) is 0 Å². The molecule has 2 amide bonds. The second kappa shape index (κ2) is 14.0. The lowest BCUT2D eigenvalue weighted by Crippen LogP contribution is -2.47. The maximum Gasteiger partial charge on any atom is 0.228 e. The van der Waals surface area contributed by atoms with Gasteiger partial charge in [0.15, 0.2) is 0 Å². The van der Waals surface area contributed by atoms with Gasteiger partial charge >= 0.3 is 0 Å². The zero-order valence-corrected chi connectivity index (χ0v) is 26.5. The van der Waals surface area contributed by atoms with E-state index in [0.717, 1.165) is 48.7 Å². The lowest BCUT2D eigenvalue weighted by molar-refractivity contribution is -0.132. The molecule has 2 fully saturated rings. The number of aliphatic hydroxyl groups excluding tert-OH is 2. The quantitative estimate of drug-likeness (QED) is 0.371. The molecule has 0 bridgehead atoms. The van der Waals surface area contributed by atoms with Crippen LogP contribution in [0.25, 0.3) is 0 Å². The van der Waals surface area contributed by atoms with Gasteiger partial charge in [0.1, 0.15) is 0 Å². The average molecular weight is 583 g/mol. The van der Waals surface area contributed by atoms with Gasteiger partial charge in [-0.25, -0.2) is 0 Å². The van der Waals surface area contributed by atoms with Gasteiger partial charge in [-0.2, -0.15) is 0 Å². The highest BCUT2D eigenvalue weighted by Crippen LogP contribution is 2.29. The number of pyridine rings is 2. The van der Waals surface area contributed by atoms with E-state index in [2.05, 4.69) is 56.6 Å². The van der Waals surface area contributed by atoms with Crippen LogP contribution in [0.15, 0.2) is 36.7 Å². The second-order valence-electron chi connectivity index (χ2n) is 13.4. The minimum Gasteiger partial charge on any atom is -0.395 e. The number of amides is 2. The third-order valence-corrected chi connectivity index (χ3v) is 8.38. The summed E-state index contributed by atoms with van der Waals surface area (Å²) in [6.07, 6.45) is 3.80. The number of nitrogens with one attached hydrogen (secondary N) is 2. The van der Waals surface area contributed by atoms with Crippen LogP contribution >= 0.6 is 0 Å². The molecular formula is C32H50N6O4. The summed E-state index contributed by atoms with van der Waals surface area (Å²) < 4.78 is 0. The van der Waals surface area contributed by atoms with Crippen molar-refractivity contribution in [3.8, 4) is 0 Å². The van der Waals surface area contributed by atoms with Gasteiger partial charge in [0.2, 0.25) is 11.8 Å². The Kier molecular flexibility index (Phi) is 11.2. The van der Waals surface area contributed by atoms with Crippen LogP contribution in [0.1, 0.15) is 62.0 Å².